The van der Waals surface area contributed by atoms with E-state index in [1.807, 2.05) is 54.9 Å². The second kappa shape index (κ2) is 8.45. The highest BCUT2D eigenvalue weighted by atomic mass is 35.5. The third-order valence-corrected chi connectivity index (χ3v) is 5.26. The van der Waals surface area contributed by atoms with Crippen LogP contribution in [0.1, 0.15) is 5.56 Å². The summed E-state index contributed by atoms with van der Waals surface area (Å²) in [7, 11) is 3.42. The number of aryl methyl sites for hydroxylation is 1. The summed E-state index contributed by atoms with van der Waals surface area (Å²) in [6, 6.07) is 13.1. The van der Waals surface area contributed by atoms with Gasteiger partial charge in [0.1, 0.15) is 5.75 Å². The van der Waals surface area contributed by atoms with Gasteiger partial charge < -0.3 is 14.6 Å². The molecule has 0 spiro atoms. The average molecular weight is 403 g/mol. The standard InChI is InChI=1S/C19H19ClN4O2S/c1-12-8-9-16(26-3)15(10-12)21-17(25)11-27-19-23-22-18(24(19)2)13-6-4-5-7-14(13)20/h4-10H,11H2,1-3H3,(H,21,25). The number of ether oxygens (including phenoxy) is 1. The van der Waals surface area contributed by atoms with E-state index in [-0.39, 0.29) is 11.7 Å². The van der Waals surface area contributed by atoms with E-state index in [4.69, 9.17) is 16.3 Å². The molecule has 0 aliphatic heterocycles. The van der Waals surface area contributed by atoms with E-state index in [2.05, 4.69) is 15.5 Å². The number of thioether (sulfide) groups is 1. The highest BCUT2D eigenvalue weighted by molar-refractivity contribution is 7.99. The molecule has 0 atom stereocenters. The molecule has 0 aliphatic rings. The normalized spacial score (nSPS) is 10.7. The van der Waals surface area contributed by atoms with Crippen LogP contribution in [0.5, 0.6) is 5.75 Å². The molecule has 0 radical (unpaired) electrons. The average Bonchev–Trinajstić information content (AvgIpc) is 3.01. The number of carbonyl (C=O) groups excluding carboxylic acids is 1. The predicted molar refractivity (Wildman–Crippen MR) is 109 cm³/mol. The van der Waals surface area contributed by atoms with E-state index in [0.29, 0.717) is 27.4 Å². The zero-order valence-electron chi connectivity index (χ0n) is 15.2. The Kier molecular flexibility index (Phi) is 6.03. The molecule has 1 N–H and O–H groups in total. The molecule has 1 heterocycles. The number of halogens is 1. The van der Waals surface area contributed by atoms with Crippen LogP contribution in [-0.4, -0.2) is 33.5 Å². The lowest BCUT2D eigenvalue weighted by molar-refractivity contribution is -0.113. The highest BCUT2D eigenvalue weighted by Crippen LogP contribution is 2.29. The van der Waals surface area contributed by atoms with Gasteiger partial charge in [0.15, 0.2) is 11.0 Å². The number of methoxy groups -OCH3 is 1. The molecular weight excluding hydrogens is 384 g/mol. The van der Waals surface area contributed by atoms with Crippen LogP contribution in [0.2, 0.25) is 5.02 Å². The Morgan fingerprint density at radius 2 is 2.04 bits per heavy atom. The Hall–Kier alpha value is -2.51. The molecule has 2 aromatic carbocycles. The molecule has 140 valence electrons. The van der Waals surface area contributed by atoms with Crippen LogP contribution in [0.25, 0.3) is 11.4 Å². The highest BCUT2D eigenvalue weighted by Gasteiger charge is 2.15. The molecule has 1 amide bonds. The fourth-order valence-corrected chi connectivity index (χ4v) is 3.48. The molecule has 3 aromatic rings. The van der Waals surface area contributed by atoms with Crippen molar-refractivity contribution in [2.75, 3.05) is 18.2 Å². The Morgan fingerprint density at radius 3 is 2.78 bits per heavy atom. The van der Waals surface area contributed by atoms with Gasteiger partial charge in [-0.2, -0.15) is 0 Å². The lowest BCUT2D eigenvalue weighted by atomic mass is 10.2. The van der Waals surface area contributed by atoms with E-state index < -0.39 is 0 Å². The summed E-state index contributed by atoms with van der Waals surface area (Å²) in [5.74, 6) is 1.33. The molecule has 0 saturated heterocycles. The number of benzene rings is 2. The van der Waals surface area contributed by atoms with Gasteiger partial charge >= 0.3 is 0 Å². The maximum absolute atomic E-state index is 12.3. The van der Waals surface area contributed by atoms with Crippen LogP contribution in [0, 0.1) is 6.92 Å². The fraction of sp³-hybridized carbons (Fsp3) is 0.211. The van der Waals surface area contributed by atoms with Crippen LogP contribution < -0.4 is 10.1 Å². The molecular formula is C19H19ClN4O2S. The van der Waals surface area contributed by atoms with Gasteiger partial charge in [-0.05, 0) is 36.8 Å². The summed E-state index contributed by atoms with van der Waals surface area (Å²) in [5.41, 5.74) is 2.49. The van der Waals surface area contributed by atoms with Crippen LogP contribution in [0.4, 0.5) is 5.69 Å². The van der Waals surface area contributed by atoms with E-state index in [1.54, 1.807) is 13.2 Å². The minimum atomic E-state index is -0.147. The van der Waals surface area contributed by atoms with Gasteiger partial charge in [0.05, 0.1) is 23.6 Å². The van der Waals surface area contributed by atoms with Crippen LogP contribution in [-0.2, 0) is 11.8 Å². The lowest BCUT2D eigenvalue weighted by Crippen LogP contribution is -2.15. The molecule has 0 fully saturated rings. The number of amides is 1. The zero-order chi connectivity index (χ0) is 19.4. The first kappa shape index (κ1) is 19.3. The molecule has 0 saturated carbocycles. The maximum atomic E-state index is 12.3. The second-order valence-corrected chi connectivity index (χ2v) is 7.24. The van der Waals surface area contributed by atoms with Crippen molar-refractivity contribution in [2.45, 2.75) is 12.1 Å². The van der Waals surface area contributed by atoms with Crippen molar-refractivity contribution < 1.29 is 9.53 Å². The van der Waals surface area contributed by atoms with E-state index in [9.17, 15) is 4.79 Å². The first-order valence-electron chi connectivity index (χ1n) is 8.21. The van der Waals surface area contributed by atoms with Gasteiger partial charge in [0, 0.05) is 12.6 Å². The van der Waals surface area contributed by atoms with E-state index in [0.717, 1.165) is 11.1 Å². The number of nitrogens with one attached hydrogen (secondary N) is 1. The van der Waals surface area contributed by atoms with E-state index >= 15 is 0 Å². The van der Waals surface area contributed by atoms with Gasteiger partial charge in [-0.1, -0.05) is 41.6 Å². The first-order valence-corrected chi connectivity index (χ1v) is 9.57. The van der Waals surface area contributed by atoms with Gasteiger partial charge in [-0.25, -0.2) is 0 Å². The van der Waals surface area contributed by atoms with Crippen molar-refractivity contribution in [1.29, 1.82) is 0 Å². The summed E-state index contributed by atoms with van der Waals surface area (Å²) in [5, 5.41) is 12.5. The van der Waals surface area contributed by atoms with Crippen molar-refractivity contribution in [3.05, 3.63) is 53.1 Å². The van der Waals surface area contributed by atoms with Gasteiger partial charge in [0.2, 0.25) is 5.91 Å². The number of hydrogen-bond acceptors (Lipinski definition) is 5. The first-order chi connectivity index (χ1) is 13.0. The number of anilines is 1. The minimum absolute atomic E-state index is 0.147. The maximum Gasteiger partial charge on any atom is 0.234 e. The molecule has 8 heteroatoms. The Bertz CT molecular complexity index is 974. The van der Waals surface area contributed by atoms with Crippen LogP contribution in [0.15, 0.2) is 47.6 Å². The molecule has 1 aromatic heterocycles. The summed E-state index contributed by atoms with van der Waals surface area (Å²) in [6.45, 7) is 1.96. The zero-order valence-corrected chi connectivity index (χ0v) is 16.8. The van der Waals surface area contributed by atoms with Crippen LogP contribution in [0.3, 0.4) is 0 Å². The van der Waals surface area contributed by atoms with Gasteiger partial charge in [-0.3, -0.25) is 4.79 Å². The smallest absolute Gasteiger partial charge is 0.234 e. The fourth-order valence-electron chi connectivity index (χ4n) is 2.55. The third kappa shape index (κ3) is 4.43. The molecule has 3 rings (SSSR count). The Labute approximate surface area is 166 Å². The van der Waals surface area contributed by atoms with Crippen molar-refractivity contribution in [3.63, 3.8) is 0 Å². The summed E-state index contributed by atoms with van der Waals surface area (Å²) in [6.07, 6.45) is 0. The largest absolute Gasteiger partial charge is 0.495 e. The minimum Gasteiger partial charge on any atom is -0.495 e. The quantitative estimate of drug-likeness (QED) is 0.626. The Morgan fingerprint density at radius 1 is 1.26 bits per heavy atom. The van der Waals surface area contributed by atoms with Crippen molar-refractivity contribution in [1.82, 2.24) is 14.8 Å². The lowest BCUT2D eigenvalue weighted by Gasteiger charge is -2.11. The second-order valence-electron chi connectivity index (χ2n) is 5.89. The molecule has 27 heavy (non-hydrogen) atoms. The third-order valence-electron chi connectivity index (χ3n) is 3.91. The SMILES string of the molecule is COc1ccc(C)cc1NC(=O)CSc1nnc(-c2ccccc2Cl)n1C. The molecule has 0 unspecified atom stereocenters. The number of rotatable bonds is 6. The van der Waals surface area contributed by atoms with Crippen molar-refractivity contribution in [2.24, 2.45) is 7.05 Å². The van der Waals surface area contributed by atoms with Crippen LogP contribution >= 0.6 is 23.4 Å². The molecule has 6 nitrogen and oxygen atoms in total. The number of hydrogen-bond donors (Lipinski definition) is 1. The predicted octanol–water partition coefficient (Wildman–Crippen LogP) is 4.18. The summed E-state index contributed by atoms with van der Waals surface area (Å²) in [4.78, 5) is 12.3. The van der Waals surface area contributed by atoms with Crippen molar-refractivity contribution >= 4 is 35.0 Å². The van der Waals surface area contributed by atoms with Gasteiger partial charge in [0.25, 0.3) is 0 Å². The monoisotopic (exact) mass is 402 g/mol. The van der Waals surface area contributed by atoms with Crippen molar-refractivity contribution in [3.8, 4) is 17.1 Å². The summed E-state index contributed by atoms with van der Waals surface area (Å²) >= 11 is 7.54. The number of nitrogens with zero attached hydrogens (tertiary/aromatic N) is 3. The van der Waals surface area contributed by atoms with E-state index in [1.165, 1.54) is 11.8 Å². The van der Waals surface area contributed by atoms with Gasteiger partial charge in [-0.15, -0.1) is 10.2 Å². The number of carbonyl (C=O) groups is 1. The molecule has 0 bridgehead atoms. The molecule has 0 aliphatic carbocycles. The topological polar surface area (TPSA) is 69.0 Å². The summed E-state index contributed by atoms with van der Waals surface area (Å²) < 4.78 is 7.11. The number of aromatic nitrogens is 3. The Balaban J connectivity index is 1.68.